The summed E-state index contributed by atoms with van der Waals surface area (Å²) in [5, 5.41) is 14.0. The Bertz CT molecular complexity index is 995. The van der Waals surface area contributed by atoms with Crippen LogP contribution in [-0.2, 0) is 4.79 Å². The first-order valence-corrected chi connectivity index (χ1v) is 10.8. The maximum atomic E-state index is 12.8. The lowest BCUT2D eigenvalue weighted by Crippen LogP contribution is -2.42. The molecule has 1 fully saturated rings. The number of nitrogens with one attached hydrogen (secondary N) is 1. The highest BCUT2D eigenvalue weighted by Crippen LogP contribution is 2.30. The van der Waals surface area contributed by atoms with E-state index in [1.54, 1.807) is 31.4 Å². The maximum Gasteiger partial charge on any atom is 0.270 e. The standard InChI is InChI=1S/C23H28N4O6/c1-32-18-6-8-19(9-7-18)33-21-10-5-17(27(30)31)14-20(21)23(29)25-11-3-13-26-12-2-4-16(15-26)22(24)28/h5-10,14,16H,2-4,11-13,15H2,1H3,(H2,24,28)(H,25,29). The molecule has 1 atom stereocenters. The number of nitrogens with zero attached hydrogens (tertiary/aromatic N) is 2. The Morgan fingerprint density at radius 2 is 1.94 bits per heavy atom. The third kappa shape index (κ3) is 6.66. The molecular formula is C23H28N4O6. The van der Waals surface area contributed by atoms with E-state index < -0.39 is 10.8 Å². The number of rotatable bonds is 10. The molecule has 2 aromatic rings. The molecule has 0 aliphatic carbocycles. The molecule has 1 heterocycles. The van der Waals surface area contributed by atoms with E-state index in [-0.39, 0.29) is 28.8 Å². The number of carbonyl (C=O) groups excluding carboxylic acids is 2. The van der Waals surface area contributed by atoms with Gasteiger partial charge in [0.1, 0.15) is 17.2 Å². The number of hydrogen-bond donors (Lipinski definition) is 2. The fourth-order valence-corrected chi connectivity index (χ4v) is 3.76. The predicted molar refractivity (Wildman–Crippen MR) is 121 cm³/mol. The Hall–Kier alpha value is -3.66. The Morgan fingerprint density at radius 3 is 2.61 bits per heavy atom. The topological polar surface area (TPSA) is 137 Å². The van der Waals surface area contributed by atoms with E-state index in [0.29, 0.717) is 37.6 Å². The van der Waals surface area contributed by atoms with Crippen LogP contribution < -0.4 is 20.5 Å². The van der Waals surface area contributed by atoms with Gasteiger partial charge < -0.3 is 25.4 Å². The van der Waals surface area contributed by atoms with Crippen molar-refractivity contribution >= 4 is 17.5 Å². The molecule has 3 rings (SSSR count). The number of non-ortho nitro benzene ring substituents is 1. The van der Waals surface area contributed by atoms with Crippen molar-refractivity contribution in [3.8, 4) is 17.2 Å². The van der Waals surface area contributed by atoms with Gasteiger partial charge in [-0.05, 0) is 62.7 Å². The van der Waals surface area contributed by atoms with E-state index in [2.05, 4.69) is 10.2 Å². The summed E-state index contributed by atoms with van der Waals surface area (Å²) in [5.41, 5.74) is 5.29. The summed E-state index contributed by atoms with van der Waals surface area (Å²) in [4.78, 5) is 37.0. The van der Waals surface area contributed by atoms with E-state index in [4.69, 9.17) is 15.2 Å². The van der Waals surface area contributed by atoms with Crippen LogP contribution in [-0.4, -0.2) is 54.9 Å². The summed E-state index contributed by atoms with van der Waals surface area (Å²) in [5.74, 6) is 0.464. The highest BCUT2D eigenvalue weighted by atomic mass is 16.6. The van der Waals surface area contributed by atoms with Crippen LogP contribution in [0.2, 0.25) is 0 Å². The van der Waals surface area contributed by atoms with Crippen LogP contribution in [0.15, 0.2) is 42.5 Å². The number of nitro benzene ring substituents is 1. The van der Waals surface area contributed by atoms with Gasteiger partial charge in [0.25, 0.3) is 11.6 Å². The Balaban J connectivity index is 1.62. The van der Waals surface area contributed by atoms with Gasteiger partial charge in [0.2, 0.25) is 5.91 Å². The van der Waals surface area contributed by atoms with Crippen LogP contribution in [0.25, 0.3) is 0 Å². The Labute approximate surface area is 191 Å². The molecule has 1 aliphatic rings. The first kappa shape index (κ1) is 24.0. The second kappa shape index (κ2) is 11.3. The van der Waals surface area contributed by atoms with Crippen LogP contribution in [0.4, 0.5) is 5.69 Å². The number of primary amides is 1. The smallest absolute Gasteiger partial charge is 0.270 e. The number of nitro groups is 1. The zero-order chi connectivity index (χ0) is 23.8. The largest absolute Gasteiger partial charge is 0.497 e. The average molecular weight is 456 g/mol. The summed E-state index contributed by atoms with van der Waals surface area (Å²) in [6.07, 6.45) is 2.40. The molecule has 0 spiro atoms. The molecule has 0 radical (unpaired) electrons. The van der Waals surface area contributed by atoms with Crippen molar-refractivity contribution < 1.29 is 24.0 Å². The van der Waals surface area contributed by atoms with Crippen molar-refractivity contribution in [1.82, 2.24) is 10.2 Å². The summed E-state index contributed by atoms with van der Waals surface area (Å²) in [7, 11) is 1.55. The monoisotopic (exact) mass is 456 g/mol. The lowest BCUT2D eigenvalue weighted by molar-refractivity contribution is -0.384. The molecule has 176 valence electrons. The number of hydrogen-bond acceptors (Lipinski definition) is 7. The van der Waals surface area contributed by atoms with Crippen molar-refractivity contribution in [1.29, 1.82) is 0 Å². The van der Waals surface area contributed by atoms with Gasteiger partial charge in [-0.1, -0.05) is 0 Å². The maximum absolute atomic E-state index is 12.8. The second-order valence-electron chi connectivity index (χ2n) is 7.87. The van der Waals surface area contributed by atoms with E-state index in [1.807, 2.05) is 0 Å². The first-order valence-electron chi connectivity index (χ1n) is 10.8. The second-order valence-corrected chi connectivity index (χ2v) is 7.87. The third-order valence-electron chi connectivity index (χ3n) is 5.55. The third-order valence-corrected chi connectivity index (χ3v) is 5.55. The lowest BCUT2D eigenvalue weighted by Gasteiger charge is -2.31. The minimum Gasteiger partial charge on any atom is -0.497 e. The molecule has 10 heteroatoms. The number of benzene rings is 2. The minimum absolute atomic E-state index is 0.0757. The SMILES string of the molecule is COc1ccc(Oc2ccc([N+](=O)[O-])cc2C(=O)NCCCN2CCCC(C(N)=O)C2)cc1. The van der Waals surface area contributed by atoms with Crippen molar-refractivity contribution in [2.45, 2.75) is 19.3 Å². The Kier molecular flexibility index (Phi) is 8.20. The number of ether oxygens (including phenoxy) is 2. The van der Waals surface area contributed by atoms with Crippen LogP contribution in [0, 0.1) is 16.0 Å². The molecule has 1 aliphatic heterocycles. The summed E-state index contributed by atoms with van der Waals surface area (Å²) in [6.45, 7) is 2.62. The number of likely N-dealkylation sites (tertiary alicyclic amines) is 1. The zero-order valence-corrected chi connectivity index (χ0v) is 18.5. The van der Waals surface area contributed by atoms with Crippen molar-refractivity contribution in [3.63, 3.8) is 0 Å². The van der Waals surface area contributed by atoms with E-state index in [9.17, 15) is 19.7 Å². The molecule has 1 saturated heterocycles. The molecule has 0 saturated carbocycles. The van der Waals surface area contributed by atoms with Crippen LogP contribution in [0.3, 0.4) is 0 Å². The normalized spacial score (nSPS) is 16.1. The molecule has 10 nitrogen and oxygen atoms in total. The molecule has 1 unspecified atom stereocenters. The molecule has 2 aromatic carbocycles. The quantitative estimate of drug-likeness (QED) is 0.318. The number of carbonyl (C=O) groups is 2. The highest BCUT2D eigenvalue weighted by Gasteiger charge is 2.23. The highest BCUT2D eigenvalue weighted by molar-refractivity contribution is 5.97. The minimum atomic E-state index is -0.556. The summed E-state index contributed by atoms with van der Waals surface area (Å²) in [6, 6.07) is 10.7. The van der Waals surface area contributed by atoms with Crippen LogP contribution in [0.1, 0.15) is 29.6 Å². The van der Waals surface area contributed by atoms with Crippen LogP contribution >= 0.6 is 0 Å². The van der Waals surface area contributed by atoms with Gasteiger partial charge in [-0.15, -0.1) is 0 Å². The molecular weight excluding hydrogens is 428 g/mol. The summed E-state index contributed by atoms with van der Waals surface area (Å²) < 4.78 is 10.9. The van der Waals surface area contributed by atoms with Crippen molar-refractivity contribution in [2.24, 2.45) is 11.7 Å². The zero-order valence-electron chi connectivity index (χ0n) is 18.5. The fourth-order valence-electron chi connectivity index (χ4n) is 3.76. The van der Waals surface area contributed by atoms with Crippen LogP contribution in [0.5, 0.6) is 17.2 Å². The predicted octanol–water partition coefficient (Wildman–Crippen LogP) is 2.71. The fraction of sp³-hybridized carbons (Fsp3) is 0.391. The number of piperidine rings is 1. The van der Waals surface area contributed by atoms with Gasteiger partial charge in [0.15, 0.2) is 0 Å². The van der Waals surface area contributed by atoms with E-state index in [1.165, 1.54) is 18.2 Å². The molecule has 2 amide bonds. The van der Waals surface area contributed by atoms with E-state index >= 15 is 0 Å². The number of amides is 2. The molecule has 33 heavy (non-hydrogen) atoms. The first-order chi connectivity index (χ1) is 15.9. The molecule has 3 N–H and O–H groups in total. The number of methoxy groups -OCH3 is 1. The molecule has 0 aromatic heterocycles. The Morgan fingerprint density at radius 1 is 1.21 bits per heavy atom. The average Bonchev–Trinajstić information content (AvgIpc) is 2.82. The van der Waals surface area contributed by atoms with Gasteiger partial charge in [0.05, 0.1) is 23.5 Å². The van der Waals surface area contributed by atoms with E-state index in [0.717, 1.165) is 19.4 Å². The summed E-state index contributed by atoms with van der Waals surface area (Å²) >= 11 is 0. The molecule has 0 bridgehead atoms. The van der Waals surface area contributed by atoms with Gasteiger partial charge in [-0.2, -0.15) is 0 Å². The lowest BCUT2D eigenvalue weighted by atomic mass is 9.97. The van der Waals surface area contributed by atoms with Gasteiger partial charge in [-0.3, -0.25) is 19.7 Å². The van der Waals surface area contributed by atoms with Crippen molar-refractivity contribution in [3.05, 3.63) is 58.1 Å². The van der Waals surface area contributed by atoms with Gasteiger partial charge in [-0.25, -0.2) is 0 Å². The van der Waals surface area contributed by atoms with Crippen molar-refractivity contribution in [2.75, 3.05) is 33.3 Å². The van der Waals surface area contributed by atoms with Gasteiger partial charge in [0, 0.05) is 25.2 Å². The van der Waals surface area contributed by atoms with Gasteiger partial charge >= 0.3 is 0 Å². The number of nitrogens with two attached hydrogens (primary N) is 1.